The van der Waals surface area contributed by atoms with Crippen LogP contribution in [0.5, 0.6) is 5.75 Å². The summed E-state index contributed by atoms with van der Waals surface area (Å²) >= 11 is 0. The lowest BCUT2D eigenvalue weighted by Crippen LogP contribution is -2.26. The number of nitrogens with zero attached hydrogens (tertiary/aromatic N) is 2. The van der Waals surface area contributed by atoms with Crippen molar-refractivity contribution in [2.45, 2.75) is 26.1 Å². The first-order chi connectivity index (χ1) is 18.4. The largest absolute Gasteiger partial charge is 0.484 e. The van der Waals surface area contributed by atoms with Crippen molar-refractivity contribution in [2.75, 3.05) is 19.7 Å². The van der Waals surface area contributed by atoms with Crippen molar-refractivity contribution in [3.05, 3.63) is 102 Å². The Kier molecular flexibility index (Phi) is 8.81. The van der Waals surface area contributed by atoms with E-state index in [0.717, 1.165) is 29.1 Å². The summed E-state index contributed by atoms with van der Waals surface area (Å²) < 4.78 is 44.8. The molecule has 6 nitrogen and oxygen atoms in total. The number of amides is 1. The van der Waals surface area contributed by atoms with Gasteiger partial charge in [0.1, 0.15) is 5.75 Å². The standard InChI is InChI=1S/C29H29F3N4O2/c1-2-33-18-17-24-26(28(37)34-19-22-13-9-10-16-25(22)38-20-29(30,31)32)35-36(23-14-7-4-8-15-23)27(24)21-11-5-3-6-12-21/h3-16,33H,2,17-20H2,1H3,(H,34,37). The van der Waals surface area contributed by atoms with Gasteiger partial charge in [-0.3, -0.25) is 4.79 Å². The van der Waals surface area contributed by atoms with E-state index in [1.165, 1.54) is 6.07 Å². The number of ether oxygens (including phenoxy) is 1. The number of rotatable bonds is 11. The van der Waals surface area contributed by atoms with E-state index in [9.17, 15) is 18.0 Å². The Labute approximate surface area is 219 Å². The molecule has 0 unspecified atom stereocenters. The molecule has 9 heteroatoms. The van der Waals surface area contributed by atoms with Crippen LogP contribution in [-0.4, -0.2) is 41.6 Å². The van der Waals surface area contributed by atoms with Crippen LogP contribution in [0.4, 0.5) is 13.2 Å². The zero-order chi connectivity index (χ0) is 27.0. The topological polar surface area (TPSA) is 68.2 Å². The maximum atomic E-state index is 13.5. The fraction of sp³-hybridized carbons (Fsp3) is 0.241. The van der Waals surface area contributed by atoms with Crippen molar-refractivity contribution in [1.29, 1.82) is 0 Å². The molecular weight excluding hydrogens is 493 g/mol. The van der Waals surface area contributed by atoms with Crippen molar-refractivity contribution in [3.8, 4) is 22.7 Å². The van der Waals surface area contributed by atoms with Gasteiger partial charge in [-0.25, -0.2) is 4.68 Å². The molecule has 38 heavy (non-hydrogen) atoms. The van der Waals surface area contributed by atoms with Crippen LogP contribution < -0.4 is 15.4 Å². The van der Waals surface area contributed by atoms with E-state index in [0.29, 0.717) is 18.5 Å². The number of halogens is 3. The molecule has 0 aliphatic carbocycles. The molecular formula is C29H29F3N4O2. The van der Waals surface area contributed by atoms with Crippen LogP contribution in [-0.2, 0) is 13.0 Å². The first-order valence-corrected chi connectivity index (χ1v) is 12.4. The molecule has 1 heterocycles. The molecule has 0 bridgehead atoms. The van der Waals surface area contributed by atoms with Gasteiger partial charge < -0.3 is 15.4 Å². The van der Waals surface area contributed by atoms with Gasteiger partial charge in [-0.1, -0.05) is 73.7 Å². The lowest BCUT2D eigenvalue weighted by Gasteiger charge is -2.13. The highest BCUT2D eigenvalue weighted by Gasteiger charge is 2.29. The Hall–Kier alpha value is -4.11. The fourth-order valence-corrected chi connectivity index (χ4v) is 4.12. The molecule has 0 fully saturated rings. The number of carbonyl (C=O) groups excluding carboxylic acids is 1. The Balaban J connectivity index is 1.68. The number of alkyl halides is 3. The average molecular weight is 523 g/mol. The molecule has 3 aromatic carbocycles. The summed E-state index contributed by atoms with van der Waals surface area (Å²) in [6.45, 7) is 2.01. The molecule has 0 aliphatic rings. The summed E-state index contributed by atoms with van der Waals surface area (Å²) in [7, 11) is 0. The maximum absolute atomic E-state index is 13.5. The van der Waals surface area contributed by atoms with E-state index in [2.05, 4.69) is 10.6 Å². The summed E-state index contributed by atoms with van der Waals surface area (Å²) in [6.07, 6.45) is -3.91. The van der Waals surface area contributed by atoms with E-state index in [1.807, 2.05) is 67.6 Å². The summed E-state index contributed by atoms with van der Waals surface area (Å²) in [4.78, 5) is 13.5. The number of benzene rings is 3. The zero-order valence-corrected chi connectivity index (χ0v) is 21.0. The predicted octanol–water partition coefficient (Wildman–Crippen LogP) is 5.56. The highest BCUT2D eigenvalue weighted by Crippen LogP contribution is 2.30. The van der Waals surface area contributed by atoms with Crippen LogP contribution in [0.2, 0.25) is 0 Å². The number of carbonyl (C=O) groups is 1. The van der Waals surface area contributed by atoms with Crippen molar-refractivity contribution in [2.24, 2.45) is 0 Å². The Morgan fingerprint density at radius 2 is 1.61 bits per heavy atom. The first kappa shape index (κ1) is 26.9. The third-order valence-electron chi connectivity index (χ3n) is 5.85. The van der Waals surface area contributed by atoms with Crippen molar-refractivity contribution >= 4 is 5.91 Å². The van der Waals surface area contributed by atoms with Gasteiger partial charge in [0.15, 0.2) is 12.3 Å². The lowest BCUT2D eigenvalue weighted by atomic mass is 10.0. The van der Waals surface area contributed by atoms with Crippen molar-refractivity contribution in [3.63, 3.8) is 0 Å². The maximum Gasteiger partial charge on any atom is 0.422 e. The quantitative estimate of drug-likeness (QED) is 0.253. The normalized spacial score (nSPS) is 11.4. The van der Waals surface area contributed by atoms with E-state index < -0.39 is 18.7 Å². The van der Waals surface area contributed by atoms with Gasteiger partial charge in [-0.2, -0.15) is 18.3 Å². The van der Waals surface area contributed by atoms with Crippen LogP contribution >= 0.6 is 0 Å². The molecule has 0 aliphatic heterocycles. The third kappa shape index (κ3) is 6.80. The third-order valence-corrected chi connectivity index (χ3v) is 5.85. The molecule has 0 saturated carbocycles. The first-order valence-electron chi connectivity index (χ1n) is 12.4. The van der Waals surface area contributed by atoms with E-state index in [4.69, 9.17) is 9.84 Å². The van der Waals surface area contributed by atoms with Crippen molar-refractivity contribution < 1.29 is 22.7 Å². The van der Waals surface area contributed by atoms with Gasteiger partial charge in [-0.05, 0) is 37.7 Å². The van der Waals surface area contributed by atoms with Gasteiger partial charge in [0, 0.05) is 23.2 Å². The molecule has 1 aromatic heterocycles. The second kappa shape index (κ2) is 12.4. The zero-order valence-electron chi connectivity index (χ0n) is 21.0. The van der Waals surface area contributed by atoms with E-state index in [1.54, 1.807) is 22.9 Å². The van der Waals surface area contributed by atoms with Crippen LogP contribution in [0.15, 0.2) is 84.9 Å². The molecule has 0 saturated heterocycles. The second-order valence-electron chi connectivity index (χ2n) is 8.59. The summed E-state index contributed by atoms with van der Waals surface area (Å²) in [6, 6.07) is 25.6. The van der Waals surface area contributed by atoms with E-state index >= 15 is 0 Å². The summed E-state index contributed by atoms with van der Waals surface area (Å²) in [5, 5.41) is 10.9. The lowest BCUT2D eigenvalue weighted by molar-refractivity contribution is -0.153. The number of para-hydroxylation sites is 2. The number of hydrogen-bond donors (Lipinski definition) is 2. The Bertz CT molecular complexity index is 1340. The Morgan fingerprint density at radius 3 is 2.29 bits per heavy atom. The average Bonchev–Trinajstić information content (AvgIpc) is 3.31. The SMILES string of the molecule is CCNCCc1c(C(=O)NCc2ccccc2OCC(F)(F)F)nn(-c2ccccc2)c1-c1ccccc1. The molecule has 1 amide bonds. The minimum atomic E-state index is -4.46. The molecule has 0 atom stereocenters. The number of nitrogens with one attached hydrogen (secondary N) is 2. The molecule has 4 aromatic rings. The minimum absolute atomic E-state index is 0.0155. The minimum Gasteiger partial charge on any atom is -0.484 e. The fourth-order valence-electron chi connectivity index (χ4n) is 4.12. The van der Waals surface area contributed by atoms with Crippen LogP contribution in [0.1, 0.15) is 28.5 Å². The van der Waals surface area contributed by atoms with Gasteiger partial charge in [0.05, 0.1) is 11.4 Å². The number of hydrogen-bond acceptors (Lipinski definition) is 4. The number of likely N-dealkylation sites (N-methyl/N-ethyl adjacent to an activating group) is 1. The second-order valence-corrected chi connectivity index (χ2v) is 8.59. The van der Waals surface area contributed by atoms with Crippen LogP contribution in [0.3, 0.4) is 0 Å². The highest BCUT2D eigenvalue weighted by molar-refractivity contribution is 5.96. The Morgan fingerprint density at radius 1 is 0.947 bits per heavy atom. The molecule has 0 radical (unpaired) electrons. The van der Waals surface area contributed by atoms with Gasteiger partial charge in [-0.15, -0.1) is 0 Å². The van der Waals surface area contributed by atoms with E-state index in [-0.39, 0.29) is 18.0 Å². The predicted molar refractivity (Wildman–Crippen MR) is 140 cm³/mol. The summed E-state index contributed by atoms with van der Waals surface area (Å²) in [5.74, 6) is -0.355. The molecule has 4 rings (SSSR count). The molecule has 0 spiro atoms. The highest BCUT2D eigenvalue weighted by atomic mass is 19.4. The number of aromatic nitrogens is 2. The molecule has 198 valence electrons. The van der Waals surface area contributed by atoms with Gasteiger partial charge in [0.25, 0.3) is 5.91 Å². The van der Waals surface area contributed by atoms with Gasteiger partial charge >= 0.3 is 6.18 Å². The van der Waals surface area contributed by atoms with Gasteiger partial charge in [0.2, 0.25) is 0 Å². The smallest absolute Gasteiger partial charge is 0.422 e. The van der Waals surface area contributed by atoms with Crippen LogP contribution in [0.25, 0.3) is 16.9 Å². The monoisotopic (exact) mass is 522 g/mol. The molecule has 2 N–H and O–H groups in total. The summed E-state index contributed by atoms with van der Waals surface area (Å²) in [5.41, 5.74) is 4.01. The van der Waals surface area contributed by atoms with Crippen molar-refractivity contribution in [1.82, 2.24) is 20.4 Å². The van der Waals surface area contributed by atoms with Crippen LogP contribution in [0, 0.1) is 0 Å².